The van der Waals surface area contributed by atoms with E-state index in [1.54, 1.807) is 41.3 Å². The van der Waals surface area contributed by atoms with Gasteiger partial charge in [0.15, 0.2) is 0 Å². The maximum Gasteiger partial charge on any atom is 0.321 e. The molecule has 1 aliphatic heterocycles. The minimum atomic E-state index is -0.809. The van der Waals surface area contributed by atoms with Crippen molar-refractivity contribution in [1.29, 1.82) is 0 Å². The first kappa shape index (κ1) is 23.5. The number of likely N-dealkylation sites (tertiary alicyclic amines) is 1. The lowest BCUT2D eigenvalue weighted by atomic mass is 10.0. The maximum absolute atomic E-state index is 13.5. The van der Waals surface area contributed by atoms with Crippen LogP contribution in [-0.2, 0) is 16.0 Å². The van der Waals surface area contributed by atoms with Crippen molar-refractivity contribution >= 4 is 35.1 Å². The van der Waals surface area contributed by atoms with Gasteiger partial charge in [-0.2, -0.15) is 0 Å². The number of piperidine rings is 1. The normalized spacial score (nSPS) is 15.0. The lowest BCUT2D eigenvalue weighted by Gasteiger charge is -2.33. The molecule has 9 heteroatoms. The summed E-state index contributed by atoms with van der Waals surface area (Å²) in [6.45, 7) is 2.27. The van der Waals surface area contributed by atoms with Gasteiger partial charge in [0.25, 0.3) is 0 Å². The second kappa shape index (κ2) is 10.9. The van der Waals surface area contributed by atoms with Crippen molar-refractivity contribution in [3.8, 4) is 0 Å². The van der Waals surface area contributed by atoms with E-state index >= 15 is 0 Å². The molecule has 1 heterocycles. The number of urea groups is 1. The molecule has 32 heavy (non-hydrogen) atoms. The zero-order chi connectivity index (χ0) is 23.1. The van der Waals surface area contributed by atoms with Gasteiger partial charge in [-0.3, -0.25) is 9.59 Å². The van der Waals surface area contributed by atoms with Crippen molar-refractivity contribution in [2.45, 2.75) is 38.3 Å². The third-order valence-electron chi connectivity index (χ3n) is 5.27. The van der Waals surface area contributed by atoms with Crippen molar-refractivity contribution in [1.82, 2.24) is 15.5 Å². The minimum absolute atomic E-state index is 0.129. The SMILES string of the molecule is CC(=O)N[C@H](Cc1cccc(F)c1)C(=O)NC1CCN(C(=O)Nc2ccccc2Cl)CC1. The number of nitrogens with one attached hydrogen (secondary N) is 3. The summed E-state index contributed by atoms with van der Waals surface area (Å²) < 4.78 is 13.5. The molecule has 0 aromatic heterocycles. The maximum atomic E-state index is 13.5. The summed E-state index contributed by atoms with van der Waals surface area (Å²) in [6, 6.07) is 11.8. The second-order valence-corrected chi connectivity index (χ2v) is 8.17. The van der Waals surface area contributed by atoms with Gasteiger partial charge < -0.3 is 20.9 Å². The molecule has 170 valence electrons. The van der Waals surface area contributed by atoms with Crippen molar-refractivity contribution in [2.75, 3.05) is 18.4 Å². The molecule has 4 amide bonds. The Bertz CT molecular complexity index is 979. The summed E-state index contributed by atoms with van der Waals surface area (Å²) in [5, 5.41) is 8.85. The van der Waals surface area contributed by atoms with Crippen molar-refractivity contribution in [2.24, 2.45) is 0 Å². The summed E-state index contributed by atoms with van der Waals surface area (Å²) in [5.74, 6) is -1.07. The molecular weight excluding hydrogens is 435 g/mol. The molecule has 7 nitrogen and oxygen atoms in total. The number of para-hydroxylation sites is 1. The third kappa shape index (κ3) is 6.68. The number of hydrogen-bond donors (Lipinski definition) is 3. The van der Waals surface area contributed by atoms with Gasteiger partial charge in [0.2, 0.25) is 11.8 Å². The van der Waals surface area contributed by atoms with Crippen LogP contribution in [0.5, 0.6) is 0 Å². The van der Waals surface area contributed by atoms with Gasteiger partial charge in [-0.1, -0.05) is 35.9 Å². The molecule has 0 saturated carbocycles. The van der Waals surface area contributed by atoms with E-state index in [4.69, 9.17) is 11.6 Å². The van der Waals surface area contributed by atoms with Crippen LogP contribution in [0.2, 0.25) is 5.02 Å². The molecule has 0 unspecified atom stereocenters. The molecule has 0 spiro atoms. The molecule has 0 aliphatic carbocycles. The molecule has 1 saturated heterocycles. The monoisotopic (exact) mass is 460 g/mol. The standard InChI is InChI=1S/C23H26ClFN4O3/c1-15(30)26-21(14-16-5-4-6-17(25)13-16)22(31)27-18-9-11-29(12-10-18)23(32)28-20-8-3-2-7-19(20)24/h2-8,13,18,21H,9-12,14H2,1H3,(H,26,30)(H,27,31)(H,28,32)/t21-/m1/s1. The van der Waals surface area contributed by atoms with Crippen molar-refractivity contribution in [3.05, 3.63) is 64.9 Å². The highest BCUT2D eigenvalue weighted by Crippen LogP contribution is 2.21. The molecule has 1 atom stereocenters. The molecule has 1 fully saturated rings. The van der Waals surface area contributed by atoms with Crippen LogP contribution in [0.1, 0.15) is 25.3 Å². The van der Waals surface area contributed by atoms with Gasteiger partial charge in [0.05, 0.1) is 10.7 Å². The number of anilines is 1. The Labute approximate surface area is 191 Å². The number of carbonyl (C=O) groups excluding carboxylic acids is 3. The molecule has 3 N–H and O–H groups in total. The molecule has 0 radical (unpaired) electrons. The summed E-state index contributed by atoms with van der Waals surface area (Å²) >= 11 is 6.09. The average molecular weight is 461 g/mol. The highest BCUT2D eigenvalue weighted by Gasteiger charge is 2.27. The van der Waals surface area contributed by atoms with Crippen LogP contribution < -0.4 is 16.0 Å². The van der Waals surface area contributed by atoms with E-state index in [9.17, 15) is 18.8 Å². The lowest BCUT2D eigenvalue weighted by molar-refractivity contribution is -0.128. The topological polar surface area (TPSA) is 90.5 Å². The summed E-state index contributed by atoms with van der Waals surface area (Å²) in [4.78, 5) is 38.5. The zero-order valence-electron chi connectivity index (χ0n) is 17.7. The fraction of sp³-hybridized carbons (Fsp3) is 0.348. The first-order valence-corrected chi connectivity index (χ1v) is 10.8. The van der Waals surface area contributed by atoms with E-state index in [0.717, 1.165) is 0 Å². The number of rotatable bonds is 6. The molecule has 2 aromatic carbocycles. The quantitative estimate of drug-likeness (QED) is 0.617. The molecule has 2 aromatic rings. The smallest absolute Gasteiger partial charge is 0.321 e. The Morgan fingerprint density at radius 1 is 1.12 bits per heavy atom. The van der Waals surface area contributed by atoms with Crippen LogP contribution in [0.3, 0.4) is 0 Å². The van der Waals surface area contributed by atoms with E-state index < -0.39 is 11.9 Å². The predicted molar refractivity (Wildman–Crippen MR) is 121 cm³/mol. The highest BCUT2D eigenvalue weighted by molar-refractivity contribution is 6.33. The van der Waals surface area contributed by atoms with Crippen molar-refractivity contribution < 1.29 is 18.8 Å². The largest absolute Gasteiger partial charge is 0.351 e. The van der Waals surface area contributed by atoms with Crippen LogP contribution in [0, 0.1) is 5.82 Å². The Kier molecular flexibility index (Phi) is 8.05. The number of hydrogen-bond acceptors (Lipinski definition) is 3. The molecule has 1 aliphatic rings. The lowest BCUT2D eigenvalue weighted by Crippen LogP contribution is -2.53. The summed E-state index contributed by atoms with van der Waals surface area (Å²) in [7, 11) is 0. The fourth-order valence-corrected chi connectivity index (χ4v) is 3.82. The van der Waals surface area contributed by atoms with Crippen LogP contribution in [0.25, 0.3) is 0 Å². The van der Waals surface area contributed by atoms with E-state index in [2.05, 4.69) is 16.0 Å². The van der Waals surface area contributed by atoms with Crippen LogP contribution >= 0.6 is 11.6 Å². The average Bonchev–Trinajstić information content (AvgIpc) is 2.75. The first-order chi connectivity index (χ1) is 15.3. The van der Waals surface area contributed by atoms with Crippen molar-refractivity contribution in [3.63, 3.8) is 0 Å². The summed E-state index contributed by atoms with van der Waals surface area (Å²) in [6.07, 6.45) is 1.34. The van der Waals surface area contributed by atoms with Gasteiger partial charge in [-0.15, -0.1) is 0 Å². The predicted octanol–water partition coefficient (Wildman–Crippen LogP) is 3.34. The number of amides is 4. The van der Waals surface area contributed by atoms with E-state index in [1.807, 2.05) is 0 Å². The van der Waals surface area contributed by atoms with Crippen LogP contribution in [-0.4, -0.2) is 47.9 Å². The molecule has 3 rings (SSSR count). The Hall–Kier alpha value is -3.13. The Morgan fingerprint density at radius 2 is 1.84 bits per heavy atom. The molecular formula is C23H26ClFN4O3. The zero-order valence-corrected chi connectivity index (χ0v) is 18.5. The van der Waals surface area contributed by atoms with Gasteiger partial charge >= 0.3 is 6.03 Å². The fourth-order valence-electron chi connectivity index (χ4n) is 3.64. The number of carbonyl (C=O) groups is 3. The van der Waals surface area contributed by atoms with Gasteiger partial charge in [-0.05, 0) is 42.7 Å². The van der Waals surface area contributed by atoms with Crippen LogP contribution in [0.15, 0.2) is 48.5 Å². The highest BCUT2D eigenvalue weighted by atomic mass is 35.5. The van der Waals surface area contributed by atoms with E-state index in [1.165, 1.54) is 19.1 Å². The second-order valence-electron chi connectivity index (χ2n) is 7.77. The Morgan fingerprint density at radius 3 is 2.50 bits per heavy atom. The van der Waals surface area contributed by atoms with Crippen LogP contribution in [0.4, 0.5) is 14.9 Å². The summed E-state index contributed by atoms with van der Waals surface area (Å²) in [5.41, 5.74) is 1.16. The molecule has 0 bridgehead atoms. The Balaban J connectivity index is 1.53. The third-order valence-corrected chi connectivity index (χ3v) is 5.60. The minimum Gasteiger partial charge on any atom is -0.351 e. The van der Waals surface area contributed by atoms with E-state index in [0.29, 0.717) is 42.2 Å². The number of benzene rings is 2. The first-order valence-electron chi connectivity index (χ1n) is 10.4. The van der Waals surface area contributed by atoms with Gasteiger partial charge in [0, 0.05) is 32.5 Å². The van der Waals surface area contributed by atoms with Gasteiger partial charge in [-0.25, -0.2) is 9.18 Å². The van der Waals surface area contributed by atoms with E-state index in [-0.39, 0.29) is 30.3 Å². The number of nitrogens with zero attached hydrogens (tertiary/aromatic N) is 1. The number of halogens is 2. The van der Waals surface area contributed by atoms with Gasteiger partial charge in [0.1, 0.15) is 11.9 Å².